The molecule has 0 aromatic heterocycles. The average Bonchev–Trinajstić information content (AvgIpc) is 2.44. The van der Waals surface area contributed by atoms with Crippen LogP contribution in [0.5, 0.6) is 0 Å². The van der Waals surface area contributed by atoms with Gasteiger partial charge in [-0.1, -0.05) is 37.3 Å². The predicted molar refractivity (Wildman–Crippen MR) is 76.4 cm³/mol. The quantitative estimate of drug-likeness (QED) is 0.687. The molecule has 1 atom stereocenters. The van der Waals surface area contributed by atoms with Crippen LogP contribution in [0.4, 0.5) is 4.79 Å². The Bertz CT molecular complexity index is 504. The monoisotopic (exact) mass is 293 g/mol. The lowest BCUT2D eigenvalue weighted by atomic mass is 10.1. The van der Waals surface area contributed by atoms with Gasteiger partial charge in [0.1, 0.15) is 12.6 Å². The van der Waals surface area contributed by atoms with Crippen LogP contribution in [0.15, 0.2) is 30.3 Å². The molecule has 1 rings (SSSR count). The number of urea groups is 1. The molecule has 7 nitrogen and oxygen atoms in total. The second kappa shape index (κ2) is 7.88. The van der Waals surface area contributed by atoms with Crippen LogP contribution >= 0.6 is 0 Å². The first-order valence-corrected chi connectivity index (χ1v) is 6.57. The third-order valence-electron chi connectivity index (χ3n) is 2.80. The van der Waals surface area contributed by atoms with Gasteiger partial charge in [-0.15, -0.1) is 0 Å². The van der Waals surface area contributed by atoms with Crippen LogP contribution in [0.25, 0.3) is 0 Å². The molecule has 0 aliphatic carbocycles. The van der Waals surface area contributed by atoms with E-state index in [1.165, 1.54) is 4.90 Å². The molecule has 0 aliphatic heterocycles. The molecule has 21 heavy (non-hydrogen) atoms. The summed E-state index contributed by atoms with van der Waals surface area (Å²) in [7, 11) is 0. The Labute approximate surface area is 122 Å². The molecular weight excluding hydrogens is 274 g/mol. The molecule has 0 fully saturated rings. The largest absolute Gasteiger partial charge is 0.480 e. The zero-order chi connectivity index (χ0) is 15.8. The molecule has 0 saturated heterocycles. The van der Waals surface area contributed by atoms with Gasteiger partial charge in [-0.3, -0.25) is 9.59 Å². The van der Waals surface area contributed by atoms with Crippen molar-refractivity contribution in [3.05, 3.63) is 35.9 Å². The second-order valence-electron chi connectivity index (χ2n) is 4.51. The van der Waals surface area contributed by atoms with Crippen molar-refractivity contribution >= 4 is 17.9 Å². The zero-order valence-electron chi connectivity index (χ0n) is 11.8. The number of nitrogens with two attached hydrogens (primary N) is 1. The molecule has 3 amide bonds. The van der Waals surface area contributed by atoms with E-state index in [-0.39, 0.29) is 6.54 Å². The van der Waals surface area contributed by atoms with E-state index in [1.54, 1.807) is 30.3 Å². The number of hydrogen-bond acceptors (Lipinski definition) is 3. The fourth-order valence-electron chi connectivity index (χ4n) is 1.96. The number of benzene rings is 1. The molecule has 0 heterocycles. The number of amides is 3. The van der Waals surface area contributed by atoms with E-state index in [0.717, 1.165) is 0 Å². The van der Waals surface area contributed by atoms with Gasteiger partial charge in [-0.2, -0.15) is 0 Å². The minimum Gasteiger partial charge on any atom is -0.480 e. The second-order valence-corrected chi connectivity index (χ2v) is 4.51. The molecule has 7 heteroatoms. The number of nitrogens with zero attached hydrogens (tertiary/aromatic N) is 1. The molecule has 1 aromatic carbocycles. The van der Waals surface area contributed by atoms with Gasteiger partial charge >= 0.3 is 12.0 Å². The number of primary amides is 1. The molecule has 0 spiro atoms. The van der Waals surface area contributed by atoms with Crippen molar-refractivity contribution in [2.45, 2.75) is 19.4 Å². The number of carbonyl (C=O) groups is 3. The first-order valence-electron chi connectivity index (χ1n) is 6.57. The molecule has 0 radical (unpaired) electrons. The van der Waals surface area contributed by atoms with Gasteiger partial charge in [0, 0.05) is 6.54 Å². The molecule has 0 saturated carbocycles. The molecule has 0 aliphatic rings. The van der Waals surface area contributed by atoms with E-state index in [4.69, 9.17) is 10.8 Å². The first kappa shape index (κ1) is 16.5. The minimum absolute atomic E-state index is 0.287. The van der Waals surface area contributed by atoms with Crippen LogP contribution < -0.4 is 11.1 Å². The molecular formula is C14H19N3O4. The molecule has 1 unspecified atom stereocenters. The normalized spacial score (nSPS) is 11.5. The summed E-state index contributed by atoms with van der Waals surface area (Å²) in [4.78, 5) is 35.7. The Balaban J connectivity index is 3.02. The topological polar surface area (TPSA) is 113 Å². The summed E-state index contributed by atoms with van der Waals surface area (Å²) in [6.45, 7) is 1.70. The van der Waals surface area contributed by atoms with E-state index in [0.29, 0.717) is 12.0 Å². The van der Waals surface area contributed by atoms with Crippen molar-refractivity contribution in [2.24, 2.45) is 5.73 Å². The lowest BCUT2D eigenvalue weighted by Crippen LogP contribution is -2.46. The Morgan fingerprint density at radius 2 is 1.90 bits per heavy atom. The van der Waals surface area contributed by atoms with Crippen molar-refractivity contribution in [2.75, 3.05) is 13.1 Å². The molecule has 1 aromatic rings. The van der Waals surface area contributed by atoms with Crippen molar-refractivity contribution in [1.29, 1.82) is 0 Å². The van der Waals surface area contributed by atoms with Gasteiger partial charge < -0.3 is 21.1 Å². The van der Waals surface area contributed by atoms with Gasteiger partial charge in [0.15, 0.2) is 0 Å². The number of carbonyl (C=O) groups excluding carboxylic acids is 2. The lowest BCUT2D eigenvalue weighted by molar-refractivity contribution is -0.145. The number of carboxylic acids is 1. The first-order chi connectivity index (χ1) is 9.95. The maximum Gasteiger partial charge on any atom is 0.323 e. The van der Waals surface area contributed by atoms with Gasteiger partial charge in [0.2, 0.25) is 5.91 Å². The summed E-state index contributed by atoms with van der Waals surface area (Å²) in [6, 6.07) is 6.72. The van der Waals surface area contributed by atoms with Crippen LogP contribution in [-0.4, -0.2) is 41.0 Å². The Morgan fingerprint density at radius 1 is 1.29 bits per heavy atom. The summed E-state index contributed by atoms with van der Waals surface area (Å²) in [5.41, 5.74) is 5.66. The molecule has 114 valence electrons. The van der Waals surface area contributed by atoms with Crippen LogP contribution in [-0.2, 0) is 9.59 Å². The SMILES string of the molecule is CCCN(CC(=O)O)C(=O)C(NC(N)=O)c1ccccc1. The van der Waals surface area contributed by atoms with Crippen molar-refractivity contribution in [1.82, 2.24) is 10.2 Å². The highest BCUT2D eigenvalue weighted by Crippen LogP contribution is 2.16. The summed E-state index contributed by atoms with van der Waals surface area (Å²) >= 11 is 0. The highest BCUT2D eigenvalue weighted by atomic mass is 16.4. The van der Waals surface area contributed by atoms with E-state index < -0.39 is 30.5 Å². The standard InChI is InChI=1S/C14H19N3O4/c1-2-8-17(9-11(18)19)13(20)12(16-14(15)21)10-6-4-3-5-7-10/h3-7,12H,2,8-9H2,1H3,(H,18,19)(H3,15,16,21). The van der Waals surface area contributed by atoms with Crippen LogP contribution in [0.1, 0.15) is 24.9 Å². The van der Waals surface area contributed by atoms with Gasteiger partial charge in [0.25, 0.3) is 0 Å². The Morgan fingerprint density at radius 3 is 2.38 bits per heavy atom. The van der Waals surface area contributed by atoms with Crippen LogP contribution in [0, 0.1) is 0 Å². The fourth-order valence-corrected chi connectivity index (χ4v) is 1.96. The van der Waals surface area contributed by atoms with Crippen LogP contribution in [0.3, 0.4) is 0 Å². The van der Waals surface area contributed by atoms with Crippen molar-refractivity contribution in [3.8, 4) is 0 Å². The maximum absolute atomic E-state index is 12.5. The Hall–Kier alpha value is -2.57. The third-order valence-corrected chi connectivity index (χ3v) is 2.80. The lowest BCUT2D eigenvalue weighted by Gasteiger charge is -2.26. The minimum atomic E-state index is -1.11. The number of nitrogens with one attached hydrogen (secondary N) is 1. The molecule has 4 N–H and O–H groups in total. The summed E-state index contributed by atoms with van der Waals surface area (Å²) in [6.07, 6.45) is 0.608. The Kier molecular flexibility index (Phi) is 6.19. The summed E-state index contributed by atoms with van der Waals surface area (Å²) in [5, 5.41) is 11.3. The molecule has 0 bridgehead atoms. The summed E-state index contributed by atoms with van der Waals surface area (Å²) in [5.74, 6) is -1.60. The highest BCUT2D eigenvalue weighted by Gasteiger charge is 2.27. The van der Waals surface area contributed by atoms with Gasteiger partial charge in [-0.05, 0) is 12.0 Å². The zero-order valence-corrected chi connectivity index (χ0v) is 11.8. The average molecular weight is 293 g/mol. The van der Waals surface area contributed by atoms with Crippen LogP contribution in [0.2, 0.25) is 0 Å². The van der Waals surface area contributed by atoms with E-state index >= 15 is 0 Å². The number of carboxylic acid groups (broad SMARTS) is 1. The number of rotatable bonds is 7. The van der Waals surface area contributed by atoms with E-state index in [2.05, 4.69) is 5.32 Å². The van der Waals surface area contributed by atoms with Gasteiger partial charge in [-0.25, -0.2) is 4.79 Å². The third kappa shape index (κ3) is 5.13. The van der Waals surface area contributed by atoms with Crippen molar-refractivity contribution in [3.63, 3.8) is 0 Å². The van der Waals surface area contributed by atoms with Gasteiger partial charge in [0.05, 0.1) is 0 Å². The maximum atomic E-state index is 12.5. The van der Waals surface area contributed by atoms with E-state index in [9.17, 15) is 14.4 Å². The smallest absolute Gasteiger partial charge is 0.323 e. The fraction of sp³-hybridized carbons (Fsp3) is 0.357. The highest BCUT2D eigenvalue weighted by molar-refractivity contribution is 5.89. The van der Waals surface area contributed by atoms with Crippen molar-refractivity contribution < 1.29 is 19.5 Å². The summed E-state index contributed by atoms with van der Waals surface area (Å²) < 4.78 is 0. The van der Waals surface area contributed by atoms with E-state index in [1.807, 2.05) is 6.92 Å². The number of aliphatic carboxylic acids is 1. The number of hydrogen-bond donors (Lipinski definition) is 3. The predicted octanol–water partition coefficient (Wildman–Crippen LogP) is 0.719.